The van der Waals surface area contributed by atoms with Crippen molar-refractivity contribution in [3.05, 3.63) is 23.8 Å². The van der Waals surface area contributed by atoms with Gasteiger partial charge in [-0.15, -0.1) is 0 Å². The SMILES string of the molecule is CCCC(C)Oc1ccc(N2CCCC(N)C2)c(C)c1. The van der Waals surface area contributed by atoms with Crippen molar-refractivity contribution in [3.63, 3.8) is 0 Å². The Labute approximate surface area is 123 Å². The second-order valence-electron chi connectivity index (χ2n) is 6.01. The molecule has 1 aromatic carbocycles. The summed E-state index contributed by atoms with van der Waals surface area (Å²) in [4.78, 5) is 2.41. The van der Waals surface area contributed by atoms with Crippen LogP contribution in [-0.4, -0.2) is 25.2 Å². The number of nitrogens with two attached hydrogens (primary N) is 1. The smallest absolute Gasteiger partial charge is 0.120 e. The molecule has 1 aliphatic rings. The van der Waals surface area contributed by atoms with E-state index in [0.29, 0.717) is 6.04 Å². The quantitative estimate of drug-likeness (QED) is 0.894. The van der Waals surface area contributed by atoms with Crippen LogP contribution in [0.1, 0.15) is 45.1 Å². The van der Waals surface area contributed by atoms with Crippen molar-refractivity contribution in [2.24, 2.45) is 5.73 Å². The lowest BCUT2D eigenvalue weighted by molar-refractivity contribution is 0.210. The van der Waals surface area contributed by atoms with Crippen molar-refractivity contribution in [1.82, 2.24) is 0 Å². The van der Waals surface area contributed by atoms with E-state index in [1.165, 1.54) is 17.7 Å². The zero-order valence-corrected chi connectivity index (χ0v) is 13.1. The average molecular weight is 276 g/mol. The maximum Gasteiger partial charge on any atom is 0.120 e. The van der Waals surface area contributed by atoms with E-state index in [0.717, 1.165) is 38.1 Å². The monoisotopic (exact) mass is 276 g/mol. The molecule has 0 saturated carbocycles. The molecule has 112 valence electrons. The van der Waals surface area contributed by atoms with Gasteiger partial charge in [0, 0.05) is 24.8 Å². The van der Waals surface area contributed by atoms with E-state index >= 15 is 0 Å². The van der Waals surface area contributed by atoms with Crippen molar-refractivity contribution in [2.75, 3.05) is 18.0 Å². The van der Waals surface area contributed by atoms with Crippen LogP contribution >= 0.6 is 0 Å². The molecule has 1 saturated heterocycles. The van der Waals surface area contributed by atoms with E-state index in [2.05, 4.69) is 43.9 Å². The van der Waals surface area contributed by atoms with Gasteiger partial charge in [0.25, 0.3) is 0 Å². The van der Waals surface area contributed by atoms with Crippen molar-refractivity contribution in [1.29, 1.82) is 0 Å². The molecule has 0 spiro atoms. The number of hydrogen-bond acceptors (Lipinski definition) is 3. The van der Waals surface area contributed by atoms with E-state index in [9.17, 15) is 0 Å². The summed E-state index contributed by atoms with van der Waals surface area (Å²) in [6.45, 7) is 8.56. The molecule has 1 heterocycles. The summed E-state index contributed by atoms with van der Waals surface area (Å²) in [7, 11) is 0. The van der Waals surface area contributed by atoms with E-state index in [1.807, 2.05) is 0 Å². The second kappa shape index (κ2) is 6.98. The van der Waals surface area contributed by atoms with Gasteiger partial charge in [0.05, 0.1) is 6.10 Å². The standard InChI is InChI=1S/C17H28N2O/c1-4-6-14(3)20-16-8-9-17(13(2)11-16)19-10-5-7-15(18)12-19/h8-9,11,14-15H,4-7,10,12,18H2,1-3H3. The highest BCUT2D eigenvalue weighted by Gasteiger charge is 2.18. The minimum atomic E-state index is 0.286. The largest absolute Gasteiger partial charge is 0.491 e. The van der Waals surface area contributed by atoms with Gasteiger partial charge >= 0.3 is 0 Å². The molecule has 0 radical (unpaired) electrons. The predicted molar refractivity (Wildman–Crippen MR) is 85.6 cm³/mol. The molecule has 2 unspecified atom stereocenters. The third-order valence-corrected chi connectivity index (χ3v) is 4.00. The summed E-state index contributed by atoms with van der Waals surface area (Å²) < 4.78 is 5.96. The normalized spacial score (nSPS) is 20.8. The van der Waals surface area contributed by atoms with Crippen LogP contribution in [0.15, 0.2) is 18.2 Å². The molecule has 2 rings (SSSR count). The minimum Gasteiger partial charge on any atom is -0.491 e. The van der Waals surface area contributed by atoms with Gasteiger partial charge in [-0.2, -0.15) is 0 Å². The maximum absolute atomic E-state index is 6.08. The molecule has 20 heavy (non-hydrogen) atoms. The van der Waals surface area contributed by atoms with E-state index in [4.69, 9.17) is 10.5 Å². The molecule has 1 fully saturated rings. The number of ether oxygens (including phenoxy) is 1. The Morgan fingerprint density at radius 1 is 1.45 bits per heavy atom. The van der Waals surface area contributed by atoms with Gasteiger partial charge in [-0.3, -0.25) is 0 Å². The average Bonchev–Trinajstić information content (AvgIpc) is 2.39. The first-order chi connectivity index (χ1) is 9.60. The highest BCUT2D eigenvalue weighted by molar-refractivity contribution is 5.56. The Balaban J connectivity index is 2.05. The van der Waals surface area contributed by atoms with Gasteiger partial charge in [-0.05, 0) is 56.9 Å². The molecular formula is C17H28N2O. The van der Waals surface area contributed by atoms with Gasteiger partial charge < -0.3 is 15.4 Å². The first kappa shape index (κ1) is 15.2. The van der Waals surface area contributed by atoms with Gasteiger partial charge in [0.15, 0.2) is 0 Å². The number of anilines is 1. The van der Waals surface area contributed by atoms with Crippen LogP contribution in [0, 0.1) is 6.92 Å². The van der Waals surface area contributed by atoms with Crippen LogP contribution in [0.25, 0.3) is 0 Å². The number of piperidine rings is 1. The number of rotatable bonds is 5. The van der Waals surface area contributed by atoms with Crippen LogP contribution in [0.3, 0.4) is 0 Å². The second-order valence-corrected chi connectivity index (χ2v) is 6.01. The molecule has 0 aliphatic carbocycles. The van der Waals surface area contributed by atoms with Crippen LogP contribution in [0.5, 0.6) is 5.75 Å². The summed E-state index contributed by atoms with van der Waals surface area (Å²) in [5.74, 6) is 0.980. The van der Waals surface area contributed by atoms with Gasteiger partial charge in [0.2, 0.25) is 0 Å². The van der Waals surface area contributed by atoms with Crippen molar-refractivity contribution < 1.29 is 4.74 Å². The number of hydrogen-bond donors (Lipinski definition) is 1. The fourth-order valence-corrected chi connectivity index (χ4v) is 2.98. The number of nitrogens with zero attached hydrogens (tertiary/aromatic N) is 1. The molecule has 1 aromatic rings. The Morgan fingerprint density at radius 2 is 2.25 bits per heavy atom. The third kappa shape index (κ3) is 3.89. The minimum absolute atomic E-state index is 0.286. The highest BCUT2D eigenvalue weighted by atomic mass is 16.5. The molecule has 2 atom stereocenters. The Hall–Kier alpha value is -1.22. The Bertz CT molecular complexity index is 433. The number of benzene rings is 1. The topological polar surface area (TPSA) is 38.5 Å². The highest BCUT2D eigenvalue weighted by Crippen LogP contribution is 2.27. The molecule has 0 aromatic heterocycles. The van der Waals surface area contributed by atoms with Gasteiger partial charge in [0.1, 0.15) is 5.75 Å². The Morgan fingerprint density at radius 3 is 2.90 bits per heavy atom. The van der Waals surface area contributed by atoms with Crippen LogP contribution < -0.4 is 15.4 Å². The molecule has 3 heteroatoms. The van der Waals surface area contributed by atoms with Crippen molar-refractivity contribution >= 4 is 5.69 Å². The first-order valence-electron chi connectivity index (χ1n) is 7.88. The van der Waals surface area contributed by atoms with Crippen LogP contribution in [0.4, 0.5) is 5.69 Å². The molecule has 1 aliphatic heterocycles. The zero-order chi connectivity index (χ0) is 14.5. The molecule has 3 nitrogen and oxygen atoms in total. The van der Waals surface area contributed by atoms with E-state index < -0.39 is 0 Å². The van der Waals surface area contributed by atoms with Crippen molar-refractivity contribution in [3.8, 4) is 5.75 Å². The summed E-state index contributed by atoms with van der Waals surface area (Å²) in [6, 6.07) is 6.74. The third-order valence-electron chi connectivity index (χ3n) is 4.00. The lowest BCUT2D eigenvalue weighted by atomic mass is 10.0. The first-order valence-corrected chi connectivity index (χ1v) is 7.88. The summed E-state index contributed by atoms with van der Waals surface area (Å²) in [5, 5.41) is 0. The maximum atomic E-state index is 6.08. The zero-order valence-electron chi connectivity index (χ0n) is 13.1. The van der Waals surface area contributed by atoms with Crippen molar-refractivity contribution in [2.45, 2.75) is 58.6 Å². The summed E-state index contributed by atoms with van der Waals surface area (Å²) >= 11 is 0. The number of aryl methyl sites for hydroxylation is 1. The van der Waals surface area contributed by atoms with E-state index in [-0.39, 0.29) is 6.10 Å². The molecule has 2 N–H and O–H groups in total. The lowest BCUT2D eigenvalue weighted by Gasteiger charge is -2.33. The molecule has 0 bridgehead atoms. The van der Waals surface area contributed by atoms with E-state index in [1.54, 1.807) is 0 Å². The Kier molecular flexibility index (Phi) is 5.30. The molecule has 0 amide bonds. The van der Waals surface area contributed by atoms with Gasteiger partial charge in [-0.25, -0.2) is 0 Å². The summed E-state index contributed by atoms with van der Waals surface area (Å²) in [6.07, 6.45) is 4.87. The fraction of sp³-hybridized carbons (Fsp3) is 0.647. The lowest BCUT2D eigenvalue weighted by Crippen LogP contribution is -2.43. The fourth-order valence-electron chi connectivity index (χ4n) is 2.98. The van der Waals surface area contributed by atoms with Gasteiger partial charge in [-0.1, -0.05) is 13.3 Å². The molecular weight excluding hydrogens is 248 g/mol. The van der Waals surface area contributed by atoms with Crippen LogP contribution in [0.2, 0.25) is 0 Å². The van der Waals surface area contributed by atoms with Crippen LogP contribution in [-0.2, 0) is 0 Å². The predicted octanol–water partition coefficient (Wildman–Crippen LogP) is 3.49. The summed E-state index contributed by atoms with van der Waals surface area (Å²) in [5.41, 5.74) is 8.65.